The molecule has 2 aromatic carbocycles. The van der Waals surface area contributed by atoms with Crippen LogP contribution in [0.1, 0.15) is 5.56 Å². The van der Waals surface area contributed by atoms with Gasteiger partial charge in [-0.05, 0) is 36.4 Å². The van der Waals surface area contributed by atoms with Gasteiger partial charge in [0.25, 0.3) is 0 Å². The van der Waals surface area contributed by atoms with E-state index in [-0.39, 0.29) is 0 Å². The Morgan fingerprint density at radius 3 is 2.45 bits per heavy atom. The highest BCUT2D eigenvalue weighted by atomic mass is 79.9. The predicted octanol–water partition coefficient (Wildman–Crippen LogP) is 3.72. The van der Waals surface area contributed by atoms with Gasteiger partial charge < -0.3 is 14.7 Å². The fraction of sp³-hybridized carbons (Fsp3) is 0.133. The molecule has 0 spiro atoms. The second-order valence-electron chi connectivity index (χ2n) is 3.93. The second-order valence-corrected chi connectivity index (χ2v) is 4.85. The van der Waals surface area contributed by atoms with Gasteiger partial charge in [0.15, 0.2) is 0 Å². The van der Waals surface area contributed by atoms with Crippen LogP contribution in [0.2, 0.25) is 0 Å². The molecule has 104 valence electrons. The number of ether oxygens (including phenoxy) is 2. The van der Waals surface area contributed by atoms with Crippen LogP contribution in [0.25, 0.3) is 0 Å². The molecule has 0 radical (unpaired) electrons. The molecule has 0 heterocycles. The average Bonchev–Trinajstić information content (AvgIpc) is 2.47. The summed E-state index contributed by atoms with van der Waals surface area (Å²) in [6, 6.07) is 14.9. The molecule has 0 aliphatic carbocycles. The lowest BCUT2D eigenvalue weighted by Gasteiger charge is -2.10. The van der Waals surface area contributed by atoms with E-state index in [1.807, 2.05) is 48.5 Å². The van der Waals surface area contributed by atoms with Crippen molar-refractivity contribution in [1.29, 1.82) is 0 Å². The summed E-state index contributed by atoms with van der Waals surface area (Å²) >= 11 is 3.37. The molecule has 0 aliphatic rings. The minimum Gasteiger partial charge on any atom is -0.490 e. The Kier molecular flexibility index (Phi) is 5.43. The van der Waals surface area contributed by atoms with Crippen LogP contribution >= 0.6 is 15.9 Å². The molecule has 20 heavy (non-hydrogen) atoms. The summed E-state index contributed by atoms with van der Waals surface area (Å²) in [5, 5.41) is 11.6. The van der Waals surface area contributed by atoms with Crippen molar-refractivity contribution in [2.24, 2.45) is 5.16 Å². The van der Waals surface area contributed by atoms with Gasteiger partial charge in [-0.1, -0.05) is 33.2 Å². The van der Waals surface area contributed by atoms with Gasteiger partial charge in [0.2, 0.25) is 0 Å². The van der Waals surface area contributed by atoms with Crippen LogP contribution in [0.15, 0.2) is 58.2 Å². The minimum atomic E-state index is 0.409. The molecular formula is C15H14BrNO3. The minimum absolute atomic E-state index is 0.409. The number of nitrogens with zero attached hydrogens (tertiary/aromatic N) is 1. The van der Waals surface area contributed by atoms with Crippen LogP contribution < -0.4 is 9.47 Å². The van der Waals surface area contributed by atoms with Crippen molar-refractivity contribution in [3.05, 3.63) is 58.6 Å². The third kappa shape index (κ3) is 4.28. The highest BCUT2D eigenvalue weighted by Gasteiger charge is 2.01. The summed E-state index contributed by atoms with van der Waals surface area (Å²) < 4.78 is 12.2. The average molecular weight is 336 g/mol. The Morgan fingerprint density at radius 2 is 1.70 bits per heavy atom. The van der Waals surface area contributed by atoms with Crippen LogP contribution in [0.5, 0.6) is 11.5 Å². The first-order valence-corrected chi connectivity index (χ1v) is 6.86. The quantitative estimate of drug-likeness (QED) is 0.379. The first-order valence-electron chi connectivity index (χ1n) is 6.07. The number of benzene rings is 2. The van der Waals surface area contributed by atoms with E-state index in [1.54, 1.807) is 0 Å². The highest BCUT2D eigenvalue weighted by molar-refractivity contribution is 9.10. The molecule has 4 nitrogen and oxygen atoms in total. The van der Waals surface area contributed by atoms with Crippen molar-refractivity contribution in [1.82, 2.24) is 0 Å². The number of hydrogen-bond donors (Lipinski definition) is 1. The molecule has 0 saturated carbocycles. The van der Waals surface area contributed by atoms with Crippen LogP contribution in [-0.4, -0.2) is 24.6 Å². The molecule has 0 aliphatic heterocycles. The summed E-state index contributed by atoms with van der Waals surface area (Å²) in [6.45, 7) is 0.846. The van der Waals surface area contributed by atoms with Gasteiger partial charge in [-0.25, -0.2) is 0 Å². The molecule has 0 atom stereocenters. The molecular weight excluding hydrogens is 322 g/mol. The monoisotopic (exact) mass is 335 g/mol. The summed E-state index contributed by atoms with van der Waals surface area (Å²) in [5.41, 5.74) is 0.721. The Labute approximate surface area is 125 Å². The predicted molar refractivity (Wildman–Crippen MR) is 81.0 cm³/mol. The van der Waals surface area contributed by atoms with E-state index in [0.29, 0.717) is 19.0 Å². The van der Waals surface area contributed by atoms with E-state index in [0.717, 1.165) is 15.8 Å². The summed E-state index contributed by atoms with van der Waals surface area (Å²) in [5.74, 6) is 1.45. The molecule has 0 fully saturated rings. The topological polar surface area (TPSA) is 51.1 Å². The van der Waals surface area contributed by atoms with Crippen molar-refractivity contribution >= 4 is 22.1 Å². The van der Waals surface area contributed by atoms with Crippen molar-refractivity contribution in [2.75, 3.05) is 13.2 Å². The molecule has 0 aromatic heterocycles. The molecule has 0 bridgehead atoms. The zero-order chi connectivity index (χ0) is 14.2. The first kappa shape index (κ1) is 14.4. The smallest absolute Gasteiger partial charge is 0.128 e. The Hall–Kier alpha value is -2.01. The zero-order valence-corrected chi connectivity index (χ0v) is 12.3. The van der Waals surface area contributed by atoms with Crippen LogP contribution in [0.3, 0.4) is 0 Å². The van der Waals surface area contributed by atoms with Gasteiger partial charge in [-0.2, -0.15) is 0 Å². The number of oxime groups is 1. The largest absolute Gasteiger partial charge is 0.490 e. The number of para-hydroxylation sites is 1. The van der Waals surface area contributed by atoms with E-state index in [1.165, 1.54) is 6.21 Å². The SMILES string of the molecule is ON=Cc1ccccc1OCCOc1ccc(Br)cc1. The third-order valence-electron chi connectivity index (χ3n) is 2.54. The zero-order valence-electron chi connectivity index (χ0n) is 10.7. The van der Waals surface area contributed by atoms with Gasteiger partial charge in [0.1, 0.15) is 24.7 Å². The highest BCUT2D eigenvalue weighted by Crippen LogP contribution is 2.17. The first-order chi connectivity index (χ1) is 9.79. The van der Waals surface area contributed by atoms with E-state index in [4.69, 9.17) is 14.7 Å². The van der Waals surface area contributed by atoms with Crippen molar-refractivity contribution in [3.63, 3.8) is 0 Å². The van der Waals surface area contributed by atoms with Crippen LogP contribution in [-0.2, 0) is 0 Å². The van der Waals surface area contributed by atoms with E-state index >= 15 is 0 Å². The molecule has 1 N–H and O–H groups in total. The molecule has 0 amide bonds. The third-order valence-corrected chi connectivity index (χ3v) is 3.07. The lowest BCUT2D eigenvalue weighted by Crippen LogP contribution is -2.09. The maximum absolute atomic E-state index is 8.57. The lowest BCUT2D eigenvalue weighted by atomic mass is 10.2. The normalized spacial score (nSPS) is 10.7. The Bertz CT molecular complexity index is 570. The van der Waals surface area contributed by atoms with Crippen LogP contribution in [0, 0.1) is 0 Å². The molecule has 2 aromatic rings. The standard InChI is InChI=1S/C15H14BrNO3/c16-13-5-7-14(8-6-13)19-9-10-20-15-4-2-1-3-12(15)11-17-18/h1-8,11,18H,9-10H2. The second kappa shape index (κ2) is 7.55. The molecule has 2 rings (SSSR count). The number of rotatable bonds is 6. The van der Waals surface area contributed by atoms with Crippen molar-refractivity contribution < 1.29 is 14.7 Å². The summed E-state index contributed by atoms with van der Waals surface area (Å²) in [4.78, 5) is 0. The van der Waals surface area contributed by atoms with Crippen molar-refractivity contribution in [3.8, 4) is 11.5 Å². The number of hydrogen-bond acceptors (Lipinski definition) is 4. The maximum Gasteiger partial charge on any atom is 0.128 e. The van der Waals surface area contributed by atoms with Gasteiger partial charge in [0.05, 0.1) is 6.21 Å². The van der Waals surface area contributed by atoms with Crippen molar-refractivity contribution in [2.45, 2.75) is 0 Å². The fourth-order valence-electron chi connectivity index (χ4n) is 1.62. The van der Waals surface area contributed by atoms with Gasteiger partial charge in [-0.15, -0.1) is 0 Å². The fourth-order valence-corrected chi connectivity index (χ4v) is 1.89. The lowest BCUT2D eigenvalue weighted by molar-refractivity contribution is 0.217. The summed E-state index contributed by atoms with van der Waals surface area (Å²) in [7, 11) is 0. The van der Waals surface area contributed by atoms with Gasteiger partial charge in [-0.3, -0.25) is 0 Å². The summed E-state index contributed by atoms with van der Waals surface area (Å²) in [6.07, 6.45) is 1.34. The van der Waals surface area contributed by atoms with E-state index < -0.39 is 0 Å². The molecule has 5 heteroatoms. The van der Waals surface area contributed by atoms with Gasteiger partial charge in [0, 0.05) is 10.0 Å². The van der Waals surface area contributed by atoms with E-state index in [9.17, 15) is 0 Å². The molecule has 0 saturated heterocycles. The molecule has 0 unspecified atom stereocenters. The Balaban J connectivity index is 1.83. The number of halogens is 1. The van der Waals surface area contributed by atoms with Gasteiger partial charge >= 0.3 is 0 Å². The van der Waals surface area contributed by atoms with E-state index in [2.05, 4.69) is 21.1 Å². The van der Waals surface area contributed by atoms with Crippen LogP contribution in [0.4, 0.5) is 0 Å². The maximum atomic E-state index is 8.57. The Morgan fingerprint density at radius 1 is 1.00 bits per heavy atom.